The highest BCUT2D eigenvalue weighted by Gasteiger charge is 2.34. The SMILES string of the molecule is O=c1[nH]c2c(c(=O)n1-c1cccc(F)n1)CC[C@H](c1ccccc1)N2.O=c1[nH]c2c(c(=O)n1-c1ccccc1)CC[C@H](c1ccc(F)c(F)c1)N2.O=c1[nH]c2c(c(=O)n1-c1ccccc1)CC[C@H](c1cccc(F)c1)N2.O=c1[nH]c2c(c(=O)n1-c1ccccc1)CC[C@H](c1ccccc1)N2.O=c1[nH]c2c(c(=O)n1-c1ccccn1)CC[C@H](c1ccccc1)N2.O=c1[nH]c2c(c(=O)n1C1CCCCC1)CC[C@H](c1ccccc1)N2. The summed E-state index contributed by atoms with van der Waals surface area (Å²) >= 11 is 0. The van der Waals surface area contributed by atoms with Crippen molar-refractivity contribution in [3.63, 3.8) is 0 Å². The number of rotatable bonds is 12. The molecule has 24 rings (SSSR count). The molecule has 12 N–H and O–H groups in total. The zero-order valence-corrected chi connectivity index (χ0v) is 79.8. The Morgan fingerprint density at radius 3 is 0.872 bits per heavy atom. The molecule has 32 nitrogen and oxygen atoms in total. The summed E-state index contributed by atoms with van der Waals surface area (Å²) < 4.78 is 60.3. The second-order valence-corrected chi connectivity index (χ2v) is 36.7. The van der Waals surface area contributed by atoms with Crippen LogP contribution in [0.1, 0.15) is 180 Å². The Morgan fingerprint density at radius 2 is 0.534 bits per heavy atom. The predicted octanol–water partition coefficient (Wildman–Crippen LogP) is 15.6. The van der Waals surface area contributed by atoms with E-state index in [1.807, 2.05) is 140 Å². The van der Waals surface area contributed by atoms with Crippen molar-refractivity contribution >= 4 is 34.9 Å². The number of hydrogen-bond donors (Lipinski definition) is 12. The van der Waals surface area contributed by atoms with Gasteiger partial charge in [0.05, 0.1) is 86.7 Å². The largest absolute Gasteiger partial charge is 0.364 e. The third kappa shape index (κ3) is 21.6. The number of anilines is 6. The van der Waals surface area contributed by atoms with Crippen molar-refractivity contribution in [1.82, 2.24) is 67.3 Å². The molecular weight excluding hydrogens is 1890 g/mol. The van der Waals surface area contributed by atoms with Crippen molar-refractivity contribution in [3.05, 3.63) is 513 Å². The molecule has 750 valence electrons. The van der Waals surface area contributed by atoms with E-state index in [0.717, 1.165) is 116 Å². The molecule has 1 saturated carbocycles. The molecule has 7 aliphatic rings. The van der Waals surface area contributed by atoms with E-state index < -0.39 is 51.6 Å². The maximum absolute atomic E-state index is 13.5. The Morgan fingerprint density at radius 1 is 0.243 bits per heavy atom. The van der Waals surface area contributed by atoms with Crippen molar-refractivity contribution in [3.8, 4) is 28.7 Å². The predicted molar refractivity (Wildman–Crippen MR) is 559 cm³/mol. The zero-order chi connectivity index (χ0) is 103. The molecule has 0 amide bonds. The molecule has 0 bridgehead atoms. The standard InChI is InChI=1S/C19H15F2N3O2.C19H16FN3O2.C19H23N3O2.C19H17N3O2.C18H15FN4O2.C18H16N4O2/c20-14-8-6-11(10-15(14)21)16-9-7-13-17(22-16)23-19(26)24(18(13)25)12-4-2-1-3-5-12;20-13-6-4-5-12(11-13)16-10-9-15-17(21-16)22-19(25)23(18(15)24)14-7-2-1-3-8-14;2*23-18-15-11-12-16(13-7-3-1-4-8-13)20-17(15)21-19(24)22(18)14-9-5-2-6-10-14;19-14-7-4-8-15(21-14)23-17(24)12-9-10-13(11-5-2-1-3-6-11)20-16(12)22-18(23)25;23-17-13-9-10-14(12-6-2-1-3-7-12)20-16(13)21-18(24)22(17)15-8-4-5-11-19-15/h1-6,8,10,16,22H,7,9H2,(H,23,26);1-8,11,16,21H,9-10H2,(H,22,25);1,3-4,7-8,14,16,20H,2,5-6,9-12H2,(H,21,24);1-10,16,20H,11-12H2,(H,21,24);1-8,13,20H,9-10H2,(H,22,25);1-8,11,14,20H,9-10H2,(H,21,24)/t4*16-;13-;14-/m111111/s1. The van der Waals surface area contributed by atoms with Gasteiger partial charge >= 0.3 is 34.1 Å². The minimum Gasteiger partial charge on any atom is -0.364 e. The molecular formula is C112H102F4N20O12. The number of halogens is 4. The average Bonchev–Trinajstić information content (AvgIpc) is 0.780. The first kappa shape index (κ1) is 98.6. The lowest BCUT2D eigenvalue weighted by molar-refractivity contribution is 0.334. The highest BCUT2D eigenvalue weighted by atomic mass is 19.2. The number of hydrogen-bond acceptors (Lipinski definition) is 20. The molecule has 148 heavy (non-hydrogen) atoms. The molecule has 1 aliphatic carbocycles. The van der Waals surface area contributed by atoms with Crippen molar-refractivity contribution < 1.29 is 17.6 Å². The Kier molecular flexibility index (Phi) is 29.6. The summed E-state index contributed by atoms with van der Waals surface area (Å²) in [5.41, 5.74) is 6.19. The first-order valence-corrected chi connectivity index (χ1v) is 49.0. The van der Waals surface area contributed by atoms with Crippen LogP contribution >= 0.6 is 0 Å². The molecule has 6 aliphatic heterocycles. The van der Waals surface area contributed by atoms with Gasteiger partial charge in [0.1, 0.15) is 52.4 Å². The van der Waals surface area contributed by atoms with Gasteiger partial charge in [0.25, 0.3) is 33.4 Å². The number of pyridine rings is 2. The number of benzene rings is 9. The van der Waals surface area contributed by atoms with Crippen molar-refractivity contribution in [1.29, 1.82) is 0 Å². The number of nitrogens with one attached hydrogen (secondary N) is 12. The number of para-hydroxylation sites is 3. The zero-order valence-electron chi connectivity index (χ0n) is 79.8. The number of fused-ring (bicyclic) bond motifs is 6. The Labute approximate surface area is 839 Å². The second kappa shape index (κ2) is 44.4. The van der Waals surface area contributed by atoms with E-state index in [0.29, 0.717) is 143 Å². The van der Waals surface area contributed by atoms with Gasteiger partial charge in [0.2, 0.25) is 5.95 Å². The second-order valence-electron chi connectivity index (χ2n) is 36.7. The van der Waals surface area contributed by atoms with Gasteiger partial charge < -0.3 is 31.9 Å². The first-order chi connectivity index (χ1) is 72.0. The fourth-order valence-electron chi connectivity index (χ4n) is 20.0. The number of H-pyrrole nitrogens is 6. The minimum absolute atomic E-state index is 0.0203. The lowest BCUT2D eigenvalue weighted by atomic mass is 9.94. The monoisotopic (exact) mass is 1990 g/mol. The Balaban J connectivity index is 0.000000112. The van der Waals surface area contributed by atoms with Crippen LogP contribution in [-0.4, -0.2) is 67.3 Å². The van der Waals surface area contributed by atoms with E-state index in [-0.39, 0.29) is 87.4 Å². The summed E-state index contributed by atoms with van der Waals surface area (Å²) in [6.45, 7) is 0. The van der Waals surface area contributed by atoms with Gasteiger partial charge in [-0.25, -0.2) is 74.7 Å². The average molecular weight is 2000 g/mol. The van der Waals surface area contributed by atoms with Crippen LogP contribution in [0, 0.1) is 23.4 Å². The summed E-state index contributed by atoms with van der Waals surface area (Å²) in [6.07, 6.45) is 14.5. The van der Waals surface area contributed by atoms with Gasteiger partial charge in [0.15, 0.2) is 11.6 Å². The van der Waals surface area contributed by atoms with Gasteiger partial charge in [-0.3, -0.25) is 63.2 Å². The van der Waals surface area contributed by atoms with Crippen LogP contribution in [0.25, 0.3) is 28.7 Å². The van der Waals surface area contributed by atoms with Crippen molar-refractivity contribution in [2.24, 2.45) is 0 Å². The third-order valence-electron chi connectivity index (χ3n) is 27.4. The highest BCUT2D eigenvalue weighted by molar-refractivity contribution is 5.56. The van der Waals surface area contributed by atoms with Gasteiger partial charge in [-0.2, -0.15) is 4.39 Å². The summed E-state index contributed by atoms with van der Waals surface area (Å²) in [6, 6.07) is 85.6. The molecule has 0 saturated heterocycles. The lowest BCUT2D eigenvalue weighted by Crippen LogP contribution is -2.42. The third-order valence-corrected chi connectivity index (χ3v) is 27.4. The van der Waals surface area contributed by atoms with E-state index in [9.17, 15) is 75.1 Å². The fraction of sp³-hybridized carbons (Fsp3) is 0.214. The van der Waals surface area contributed by atoms with Crippen LogP contribution in [0.3, 0.4) is 0 Å². The molecule has 1 fully saturated rings. The topological polar surface area (TPSA) is 427 Å². The fourth-order valence-corrected chi connectivity index (χ4v) is 20.0. The van der Waals surface area contributed by atoms with Crippen LogP contribution in [0.15, 0.2) is 355 Å². The summed E-state index contributed by atoms with van der Waals surface area (Å²) in [5, 5.41) is 19.4. The summed E-state index contributed by atoms with van der Waals surface area (Å²) in [5.74, 6) is 0.232. The maximum atomic E-state index is 13.5. The number of aromatic amines is 6. The highest BCUT2D eigenvalue weighted by Crippen LogP contribution is 2.37. The van der Waals surface area contributed by atoms with Crippen molar-refractivity contribution in [2.75, 3.05) is 31.9 Å². The number of aromatic nitrogens is 14. The molecule has 8 aromatic heterocycles. The van der Waals surface area contributed by atoms with Crippen LogP contribution in [0.5, 0.6) is 0 Å². The maximum Gasteiger partial charge on any atom is 0.335 e. The first-order valence-electron chi connectivity index (χ1n) is 49.0. The van der Waals surface area contributed by atoms with E-state index in [2.05, 4.69) is 83.9 Å². The molecule has 0 radical (unpaired) electrons. The molecule has 0 spiro atoms. The van der Waals surface area contributed by atoms with Gasteiger partial charge in [-0.15, -0.1) is 0 Å². The molecule has 0 unspecified atom stereocenters. The molecule has 9 aromatic carbocycles. The van der Waals surface area contributed by atoms with E-state index in [1.165, 1.54) is 51.5 Å². The number of nitrogens with zero attached hydrogens (tertiary/aromatic N) is 8. The normalized spacial score (nSPS) is 16.9. The quantitative estimate of drug-likeness (QED) is 0.0399. The molecule has 14 heterocycles. The molecule has 17 aromatic rings. The van der Waals surface area contributed by atoms with Crippen LogP contribution in [-0.2, 0) is 38.5 Å². The van der Waals surface area contributed by atoms with Crippen LogP contribution in [0.2, 0.25) is 0 Å². The van der Waals surface area contributed by atoms with Gasteiger partial charge in [-0.05, 0) is 208 Å². The molecule has 6 atom stereocenters. The van der Waals surface area contributed by atoms with Gasteiger partial charge in [0, 0.05) is 12.2 Å². The van der Waals surface area contributed by atoms with Crippen LogP contribution < -0.4 is 99.4 Å². The van der Waals surface area contributed by atoms with Crippen LogP contribution in [0.4, 0.5) is 52.5 Å². The van der Waals surface area contributed by atoms with Gasteiger partial charge in [-0.1, -0.05) is 226 Å². The molecule has 36 heteroatoms. The lowest BCUT2D eigenvalue weighted by Gasteiger charge is -2.29. The minimum atomic E-state index is -0.928. The summed E-state index contributed by atoms with van der Waals surface area (Å²) in [4.78, 5) is 176. The smallest absolute Gasteiger partial charge is 0.335 e. The Bertz CT molecular complexity index is 8350. The van der Waals surface area contributed by atoms with E-state index >= 15 is 0 Å². The summed E-state index contributed by atoms with van der Waals surface area (Å²) in [7, 11) is 0. The van der Waals surface area contributed by atoms with E-state index in [1.54, 1.807) is 97.2 Å². The Hall–Kier alpha value is -18.1. The van der Waals surface area contributed by atoms with Crippen molar-refractivity contribution in [2.45, 2.75) is 151 Å². The van der Waals surface area contributed by atoms with E-state index in [4.69, 9.17) is 0 Å².